The minimum absolute atomic E-state index is 0.189. The summed E-state index contributed by atoms with van der Waals surface area (Å²) in [6, 6.07) is 13.5. The molecule has 0 saturated carbocycles. The van der Waals surface area contributed by atoms with Gasteiger partial charge in [-0.1, -0.05) is 24.3 Å². The van der Waals surface area contributed by atoms with Crippen molar-refractivity contribution >= 4 is 38.3 Å². The Kier molecular flexibility index (Phi) is 4.71. The zero-order valence-corrected chi connectivity index (χ0v) is 17.7. The predicted molar refractivity (Wildman–Crippen MR) is 121 cm³/mol. The number of hydrogen-bond donors (Lipinski definition) is 1. The number of aryl methyl sites for hydroxylation is 1. The number of nitrogens with one attached hydrogen (secondary N) is 1. The van der Waals surface area contributed by atoms with Crippen LogP contribution >= 0.6 is 11.3 Å². The van der Waals surface area contributed by atoms with Crippen LogP contribution in [0.1, 0.15) is 24.2 Å². The third-order valence-corrected chi connectivity index (χ3v) is 6.01. The molecule has 0 spiro atoms. The van der Waals surface area contributed by atoms with Gasteiger partial charge in [0.05, 0.1) is 22.6 Å². The summed E-state index contributed by atoms with van der Waals surface area (Å²) < 4.78 is 15.6. The molecule has 0 aliphatic carbocycles. The lowest BCUT2D eigenvalue weighted by atomic mass is 10.0. The molecule has 0 aliphatic rings. The standard InChI is InChI=1S/C23H18FN5OS/c1-13-5-3-6-15-9-18(14(2)28-21-20-22(26-11-25-21)31-12-27-20)29(23(30)19(13)15)17-8-4-7-16(24)10-17/h3-12,14H,1-2H3,(H,25,26,28). The molecule has 0 amide bonds. The smallest absolute Gasteiger partial charge is 0.263 e. The van der Waals surface area contributed by atoms with Crippen molar-refractivity contribution in [2.75, 3.05) is 5.32 Å². The summed E-state index contributed by atoms with van der Waals surface area (Å²) >= 11 is 1.43. The van der Waals surface area contributed by atoms with Crippen molar-refractivity contribution in [1.29, 1.82) is 0 Å². The molecule has 3 heterocycles. The lowest BCUT2D eigenvalue weighted by Gasteiger charge is -2.22. The third kappa shape index (κ3) is 3.34. The van der Waals surface area contributed by atoms with Crippen molar-refractivity contribution < 1.29 is 4.39 Å². The first-order valence-electron chi connectivity index (χ1n) is 9.75. The van der Waals surface area contributed by atoms with Crippen molar-refractivity contribution in [2.45, 2.75) is 19.9 Å². The maximum Gasteiger partial charge on any atom is 0.263 e. The van der Waals surface area contributed by atoms with Crippen LogP contribution in [-0.4, -0.2) is 19.5 Å². The summed E-state index contributed by atoms with van der Waals surface area (Å²) in [4.78, 5) is 27.3. The average molecular weight is 431 g/mol. The van der Waals surface area contributed by atoms with Gasteiger partial charge in [-0.2, -0.15) is 0 Å². The van der Waals surface area contributed by atoms with Crippen LogP contribution in [-0.2, 0) is 0 Å². The number of benzene rings is 2. The molecule has 6 nitrogen and oxygen atoms in total. The Morgan fingerprint density at radius 3 is 2.77 bits per heavy atom. The van der Waals surface area contributed by atoms with E-state index in [0.29, 0.717) is 28.1 Å². The summed E-state index contributed by atoms with van der Waals surface area (Å²) in [5.41, 5.74) is 4.24. The van der Waals surface area contributed by atoms with E-state index in [-0.39, 0.29) is 11.6 Å². The Balaban J connectivity index is 1.72. The molecule has 0 bridgehead atoms. The predicted octanol–water partition coefficient (Wildman–Crippen LogP) is 5.01. The van der Waals surface area contributed by atoms with Crippen LogP contribution in [0.3, 0.4) is 0 Å². The van der Waals surface area contributed by atoms with E-state index in [0.717, 1.165) is 15.8 Å². The minimum Gasteiger partial charge on any atom is -0.360 e. The average Bonchev–Trinajstić information content (AvgIpc) is 3.23. The van der Waals surface area contributed by atoms with Crippen LogP contribution < -0.4 is 10.9 Å². The SMILES string of the molecule is Cc1cccc2cc(C(C)Nc3ncnc4scnc34)n(-c3cccc(F)c3)c(=O)c12. The first-order chi connectivity index (χ1) is 15.0. The molecule has 5 rings (SSSR count). The van der Waals surface area contributed by atoms with E-state index < -0.39 is 5.82 Å². The van der Waals surface area contributed by atoms with Crippen LogP contribution in [0.25, 0.3) is 26.8 Å². The molecule has 0 aliphatic heterocycles. The summed E-state index contributed by atoms with van der Waals surface area (Å²) in [5, 5.41) is 4.81. The molecule has 0 fully saturated rings. The van der Waals surface area contributed by atoms with Gasteiger partial charge < -0.3 is 5.32 Å². The highest BCUT2D eigenvalue weighted by molar-refractivity contribution is 7.16. The van der Waals surface area contributed by atoms with E-state index in [9.17, 15) is 9.18 Å². The van der Waals surface area contributed by atoms with Crippen LogP contribution in [0, 0.1) is 12.7 Å². The molecule has 2 aromatic carbocycles. The quantitative estimate of drug-likeness (QED) is 0.433. The van der Waals surface area contributed by atoms with E-state index >= 15 is 0 Å². The Labute approximate surface area is 181 Å². The van der Waals surface area contributed by atoms with Gasteiger partial charge in [-0.05, 0) is 49.1 Å². The molecular weight excluding hydrogens is 413 g/mol. The number of aromatic nitrogens is 4. The number of halogens is 1. The number of nitrogens with zero attached hydrogens (tertiary/aromatic N) is 4. The van der Waals surface area contributed by atoms with Crippen molar-refractivity contribution in [1.82, 2.24) is 19.5 Å². The first-order valence-corrected chi connectivity index (χ1v) is 10.6. The molecular formula is C23H18FN5OS. The van der Waals surface area contributed by atoms with Crippen molar-refractivity contribution in [3.63, 3.8) is 0 Å². The fourth-order valence-electron chi connectivity index (χ4n) is 3.83. The third-order valence-electron chi connectivity index (χ3n) is 5.28. The fraction of sp³-hybridized carbons (Fsp3) is 0.130. The van der Waals surface area contributed by atoms with Gasteiger partial charge in [-0.3, -0.25) is 9.36 Å². The molecule has 31 heavy (non-hydrogen) atoms. The van der Waals surface area contributed by atoms with Gasteiger partial charge in [0.25, 0.3) is 5.56 Å². The van der Waals surface area contributed by atoms with E-state index in [1.165, 1.54) is 29.8 Å². The van der Waals surface area contributed by atoms with E-state index in [4.69, 9.17) is 0 Å². The molecule has 0 radical (unpaired) electrons. The van der Waals surface area contributed by atoms with Gasteiger partial charge in [0.1, 0.15) is 22.5 Å². The van der Waals surface area contributed by atoms with Crippen molar-refractivity contribution in [3.8, 4) is 5.69 Å². The van der Waals surface area contributed by atoms with Gasteiger partial charge >= 0.3 is 0 Å². The highest BCUT2D eigenvalue weighted by Gasteiger charge is 2.19. The topological polar surface area (TPSA) is 72.7 Å². The molecule has 1 atom stereocenters. The monoisotopic (exact) mass is 431 g/mol. The number of anilines is 1. The normalized spacial score (nSPS) is 12.4. The molecule has 8 heteroatoms. The summed E-state index contributed by atoms with van der Waals surface area (Å²) in [5.74, 6) is 0.183. The maximum atomic E-state index is 14.0. The molecule has 5 aromatic rings. The Morgan fingerprint density at radius 2 is 1.94 bits per heavy atom. The second kappa shape index (κ2) is 7.55. The Hall–Kier alpha value is -3.65. The van der Waals surface area contributed by atoms with Crippen LogP contribution in [0.15, 0.2) is 65.2 Å². The fourth-order valence-corrected chi connectivity index (χ4v) is 4.46. The lowest BCUT2D eigenvalue weighted by Crippen LogP contribution is -2.26. The second-order valence-corrected chi connectivity index (χ2v) is 8.16. The lowest BCUT2D eigenvalue weighted by molar-refractivity contribution is 0.625. The molecule has 3 aromatic heterocycles. The maximum absolute atomic E-state index is 14.0. The number of rotatable bonds is 4. The second-order valence-electron chi connectivity index (χ2n) is 7.32. The molecule has 154 valence electrons. The highest BCUT2D eigenvalue weighted by Crippen LogP contribution is 2.28. The van der Waals surface area contributed by atoms with E-state index in [1.807, 2.05) is 38.1 Å². The summed E-state index contributed by atoms with van der Waals surface area (Å²) in [6.45, 7) is 3.84. The number of thiazole rings is 1. The zero-order valence-electron chi connectivity index (χ0n) is 16.8. The van der Waals surface area contributed by atoms with E-state index in [2.05, 4.69) is 20.3 Å². The van der Waals surface area contributed by atoms with Gasteiger partial charge in [-0.25, -0.2) is 19.3 Å². The molecule has 0 saturated heterocycles. The van der Waals surface area contributed by atoms with Crippen LogP contribution in [0.5, 0.6) is 0 Å². The number of pyridine rings is 1. The summed E-state index contributed by atoms with van der Waals surface area (Å²) in [6.07, 6.45) is 1.49. The first kappa shape index (κ1) is 19.3. The largest absolute Gasteiger partial charge is 0.360 e. The number of hydrogen-bond acceptors (Lipinski definition) is 6. The van der Waals surface area contributed by atoms with Gasteiger partial charge in [-0.15, -0.1) is 11.3 Å². The molecule has 1 unspecified atom stereocenters. The Morgan fingerprint density at radius 1 is 1.10 bits per heavy atom. The highest BCUT2D eigenvalue weighted by atomic mass is 32.1. The van der Waals surface area contributed by atoms with Gasteiger partial charge in [0, 0.05) is 5.69 Å². The van der Waals surface area contributed by atoms with Crippen molar-refractivity contribution in [2.24, 2.45) is 0 Å². The van der Waals surface area contributed by atoms with Crippen LogP contribution in [0.4, 0.5) is 10.2 Å². The molecule has 1 N–H and O–H groups in total. The van der Waals surface area contributed by atoms with Gasteiger partial charge in [0.2, 0.25) is 0 Å². The minimum atomic E-state index is -0.402. The van der Waals surface area contributed by atoms with Crippen molar-refractivity contribution in [3.05, 3.63) is 87.8 Å². The zero-order chi connectivity index (χ0) is 21.5. The van der Waals surface area contributed by atoms with Crippen LogP contribution in [0.2, 0.25) is 0 Å². The summed E-state index contributed by atoms with van der Waals surface area (Å²) in [7, 11) is 0. The Bertz CT molecular complexity index is 1490. The van der Waals surface area contributed by atoms with Gasteiger partial charge in [0.15, 0.2) is 5.82 Å². The number of fused-ring (bicyclic) bond motifs is 2. The van der Waals surface area contributed by atoms with E-state index in [1.54, 1.807) is 22.2 Å².